The first-order valence-electron chi connectivity index (χ1n) is 8.93. The number of rotatable bonds is 7. The molecular weight excluding hydrogens is 362 g/mol. The smallest absolute Gasteiger partial charge is 0.262 e. The van der Waals surface area contributed by atoms with Crippen LogP contribution in [0.25, 0.3) is 10.9 Å². The second-order valence-corrected chi connectivity index (χ2v) is 6.41. The number of ether oxygens (including phenoxy) is 1. The van der Waals surface area contributed by atoms with E-state index in [0.717, 1.165) is 29.9 Å². The highest BCUT2D eigenvalue weighted by atomic mass is 35.5. The van der Waals surface area contributed by atoms with Crippen molar-refractivity contribution in [2.45, 2.75) is 13.8 Å². The normalized spacial score (nSPS) is 10.6. The topological polar surface area (TPSA) is 54.5 Å². The Kier molecular flexibility index (Phi) is 6.14. The molecule has 0 unspecified atom stereocenters. The maximum Gasteiger partial charge on any atom is 0.262 e. The van der Waals surface area contributed by atoms with Crippen molar-refractivity contribution in [3.05, 3.63) is 59.8 Å². The van der Waals surface area contributed by atoms with E-state index in [4.69, 9.17) is 16.3 Å². The van der Waals surface area contributed by atoms with Crippen LogP contribution in [0.5, 0.6) is 5.75 Å². The summed E-state index contributed by atoms with van der Waals surface area (Å²) in [5.41, 5.74) is 2.51. The second kappa shape index (κ2) is 8.73. The Morgan fingerprint density at radius 3 is 2.56 bits per heavy atom. The molecule has 0 radical (unpaired) electrons. The number of carbonyl (C=O) groups is 1. The lowest BCUT2D eigenvalue weighted by Crippen LogP contribution is -2.22. The van der Waals surface area contributed by atoms with Gasteiger partial charge in [0.25, 0.3) is 5.91 Å². The van der Waals surface area contributed by atoms with Crippen LogP contribution in [0, 0.1) is 0 Å². The Bertz CT molecular complexity index is 924. The van der Waals surface area contributed by atoms with Gasteiger partial charge in [0.05, 0.1) is 5.02 Å². The van der Waals surface area contributed by atoms with Crippen LogP contribution < -0.4 is 15.0 Å². The van der Waals surface area contributed by atoms with Gasteiger partial charge in [-0.25, -0.2) is 0 Å². The van der Waals surface area contributed by atoms with Gasteiger partial charge in [0.2, 0.25) is 0 Å². The van der Waals surface area contributed by atoms with Gasteiger partial charge in [-0.3, -0.25) is 9.78 Å². The highest BCUT2D eigenvalue weighted by Crippen LogP contribution is 2.29. The van der Waals surface area contributed by atoms with E-state index in [1.54, 1.807) is 18.3 Å². The minimum Gasteiger partial charge on any atom is -0.481 e. The Morgan fingerprint density at radius 1 is 1.11 bits per heavy atom. The van der Waals surface area contributed by atoms with Gasteiger partial charge in [0.15, 0.2) is 6.61 Å². The van der Waals surface area contributed by atoms with E-state index >= 15 is 0 Å². The van der Waals surface area contributed by atoms with Crippen molar-refractivity contribution in [3.8, 4) is 5.75 Å². The van der Waals surface area contributed by atoms with Gasteiger partial charge in [-0.1, -0.05) is 11.6 Å². The average molecular weight is 384 g/mol. The number of amides is 1. The zero-order chi connectivity index (χ0) is 19.2. The van der Waals surface area contributed by atoms with Crippen molar-refractivity contribution in [3.63, 3.8) is 0 Å². The molecule has 2 aromatic carbocycles. The summed E-state index contributed by atoms with van der Waals surface area (Å²) in [5.74, 6) is 0.298. The van der Waals surface area contributed by atoms with E-state index in [0.29, 0.717) is 16.3 Å². The van der Waals surface area contributed by atoms with Crippen molar-refractivity contribution in [2.75, 3.05) is 29.9 Å². The Hall–Kier alpha value is -2.79. The molecule has 6 heteroatoms. The summed E-state index contributed by atoms with van der Waals surface area (Å²) in [5, 5.41) is 4.24. The third-order valence-electron chi connectivity index (χ3n) is 4.32. The fourth-order valence-electron chi connectivity index (χ4n) is 2.91. The summed E-state index contributed by atoms with van der Waals surface area (Å²) in [6.45, 7) is 6.01. The van der Waals surface area contributed by atoms with Crippen molar-refractivity contribution in [1.82, 2.24) is 4.98 Å². The van der Waals surface area contributed by atoms with E-state index in [1.165, 1.54) is 0 Å². The van der Waals surface area contributed by atoms with Crippen molar-refractivity contribution in [2.24, 2.45) is 0 Å². The largest absolute Gasteiger partial charge is 0.481 e. The minimum atomic E-state index is -0.232. The van der Waals surface area contributed by atoms with Gasteiger partial charge in [-0.05, 0) is 62.4 Å². The van der Waals surface area contributed by atoms with E-state index in [9.17, 15) is 4.79 Å². The monoisotopic (exact) mass is 383 g/mol. The van der Waals surface area contributed by atoms with Crippen molar-refractivity contribution in [1.29, 1.82) is 0 Å². The third-order valence-corrected chi connectivity index (χ3v) is 4.65. The molecule has 0 saturated carbocycles. The number of benzene rings is 2. The molecule has 1 N–H and O–H groups in total. The summed E-state index contributed by atoms with van der Waals surface area (Å²) in [6, 6.07) is 14.9. The molecule has 0 atom stereocenters. The highest BCUT2D eigenvalue weighted by Gasteiger charge is 2.10. The second-order valence-electron chi connectivity index (χ2n) is 6.00. The van der Waals surface area contributed by atoms with Crippen molar-refractivity contribution >= 4 is 39.8 Å². The van der Waals surface area contributed by atoms with Gasteiger partial charge < -0.3 is 15.0 Å². The predicted molar refractivity (Wildman–Crippen MR) is 111 cm³/mol. The number of pyridine rings is 1. The summed E-state index contributed by atoms with van der Waals surface area (Å²) >= 11 is 6.18. The standard InChI is InChI=1S/C21H22ClN3O2/c1-3-25(4-2)16-9-7-15(8-10-16)24-20(26)14-27-19-12-11-18(22)17-6-5-13-23-21(17)19/h5-13H,3-4,14H2,1-2H3,(H,24,26). The summed E-state index contributed by atoms with van der Waals surface area (Å²) < 4.78 is 5.66. The fraction of sp³-hybridized carbons (Fsp3) is 0.238. The van der Waals surface area contributed by atoms with Crippen LogP contribution in [-0.2, 0) is 4.79 Å². The SMILES string of the molecule is CCN(CC)c1ccc(NC(=O)COc2ccc(Cl)c3cccnc23)cc1. The number of nitrogens with zero attached hydrogens (tertiary/aromatic N) is 2. The zero-order valence-corrected chi connectivity index (χ0v) is 16.2. The molecule has 0 saturated heterocycles. The third kappa shape index (κ3) is 4.49. The Morgan fingerprint density at radius 2 is 1.85 bits per heavy atom. The first-order chi connectivity index (χ1) is 13.1. The number of halogens is 1. The van der Waals surface area contributed by atoms with Crippen LogP contribution in [0.3, 0.4) is 0 Å². The summed E-state index contributed by atoms with van der Waals surface area (Å²) in [6.07, 6.45) is 1.67. The molecule has 5 nitrogen and oxygen atoms in total. The molecule has 1 aromatic heterocycles. The zero-order valence-electron chi connectivity index (χ0n) is 15.4. The van der Waals surface area contributed by atoms with Crippen LogP contribution in [0.15, 0.2) is 54.7 Å². The first kappa shape index (κ1) is 19.0. The van der Waals surface area contributed by atoms with Gasteiger partial charge in [-0.2, -0.15) is 0 Å². The van der Waals surface area contributed by atoms with E-state index < -0.39 is 0 Å². The molecule has 0 fully saturated rings. The maximum absolute atomic E-state index is 12.2. The number of fused-ring (bicyclic) bond motifs is 1. The van der Waals surface area contributed by atoms with Gasteiger partial charge in [0, 0.05) is 36.0 Å². The molecule has 0 aliphatic heterocycles. The predicted octanol–water partition coefficient (Wildman–Crippen LogP) is 4.75. The molecule has 140 valence electrons. The van der Waals surface area contributed by atoms with Crippen LogP contribution in [-0.4, -0.2) is 30.6 Å². The molecule has 0 spiro atoms. The lowest BCUT2D eigenvalue weighted by atomic mass is 10.2. The lowest BCUT2D eigenvalue weighted by Gasteiger charge is -2.21. The number of anilines is 2. The Labute approximate surface area is 163 Å². The molecule has 3 rings (SSSR count). The first-order valence-corrected chi connectivity index (χ1v) is 9.31. The van der Waals surface area contributed by atoms with Crippen LogP contribution >= 0.6 is 11.6 Å². The van der Waals surface area contributed by atoms with Crippen LogP contribution in [0.2, 0.25) is 5.02 Å². The number of hydrogen-bond acceptors (Lipinski definition) is 4. The summed E-state index contributed by atoms with van der Waals surface area (Å²) in [4.78, 5) is 18.8. The molecule has 27 heavy (non-hydrogen) atoms. The summed E-state index contributed by atoms with van der Waals surface area (Å²) in [7, 11) is 0. The molecule has 0 aliphatic carbocycles. The molecule has 0 bridgehead atoms. The van der Waals surface area contributed by atoms with Crippen LogP contribution in [0.1, 0.15) is 13.8 Å². The van der Waals surface area contributed by atoms with Gasteiger partial charge >= 0.3 is 0 Å². The maximum atomic E-state index is 12.2. The molecule has 3 aromatic rings. The molecule has 1 amide bonds. The molecular formula is C21H22ClN3O2. The molecule has 1 heterocycles. The quantitative estimate of drug-likeness (QED) is 0.639. The number of hydrogen-bond donors (Lipinski definition) is 1. The minimum absolute atomic E-state index is 0.106. The van der Waals surface area contributed by atoms with E-state index in [2.05, 4.69) is 29.0 Å². The van der Waals surface area contributed by atoms with Gasteiger partial charge in [-0.15, -0.1) is 0 Å². The lowest BCUT2D eigenvalue weighted by molar-refractivity contribution is -0.118. The van der Waals surface area contributed by atoms with E-state index in [1.807, 2.05) is 36.4 Å². The number of carbonyl (C=O) groups excluding carboxylic acids is 1. The highest BCUT2D eigenvalue weighted by molar-refractivity contribution is 6.35. The molecule has 0 aliphatic rings. The van der Waals surface area contributed by atoms with Crippen molar-refractivity contribution < 1.29 is 9.53 Å². The van der Waals surface area contributed by atoms with Gasteiger partial charge in [0.1, 0.15) is 11.3 Å². The number of aromatic nitrogens is 1. The average Bonchev–Trinajstić information content (AvgIpc) is 2.70. The van der Waals surface area contributed by atoms with Crippen LogP contribution in [0.4, 0.5) is 11.4 Å². The number of nitrogens with one attached hydrogen (secondary N) is 1. The fourth-order valence-corrected chi connectivity index (χ4v) is 3.13. The van der Waals surface area contributed by atoms with E-state index in [-0.39, 0.29) is 12.5 Å². The Balaban J connectivity index is 1.63.